The third-order valence-electron chi connectivity index (χ3n) is 3.36. The van der Waals surface area contributed by atoms with E-state index in [1.54, 1.807) is 7.11 Å². The van der Waals surface area contributed by atoms with Crippen LogP contribution in [0, 0.1) is 12.8 Å². The van der Waals surface area contributed by atoms with Gasteiger partial charge in [0.2, 0.25) is 0 Å². The Morgan fingerprint density at radius 3 is 2.47 bits per heavy atom. The van der Waals surface area contributed by atoms with Crippen molar-refractivity contribution in [2.24, 2.45) is 5.92 Å². The molecule has 1 rings (SSSR count). The van der Waals surface area contributed by atoms with Gasteiger partial charge in [-0.05, 0) is 33.0 Å². The summed E-state index contributed by atoms with van der Waals surface area (Å²) in [5.41, 5.74) is 2.50. The molecule has 1 unspecified atom stereocenters. The van der Waals surface area contributed by atoms with E-state index in [1.165, 1.54) is 11.1 Å². The third kappa shape index (κ3) is 5.21. The monoisotopic (exact) mass is 264 g/mol. The molecule has 0 aliphatic carbocycles. The first-order valence-electron chi connectivity index (χ1n) is 6.95. The lowest BCUT2D eigenvalue weighted by atomic mass is 10.0. The lowest BCUT2D eigenvalue weighted by Crippen LogP contribution is -2.41. The highest BCUT2D eigenvalue weighted by Crippen LogP contribution is 2.19. The number of methoxy groups -OCH3 is 1. The Hall–Kier alpha value is -1.06. The number of hydrogen-bond acceptors (Lipinski definition) is 3. The minimum atomic E-state index is 0.486. The van der Waals surface area contributed by atoms with E-state index in [0.717, 1.165) is 18.8 Å². The molecule has 0 aliphatic heterocycles. The van der Waals surface area contributed by atoms with Crippen LogP contribution >= 0.6 is 0 Å². The van der Waals surface area contributed by atoms with Crippen LogP contribution in [0.15, 0.2) is 18.2 Å². The lowest BCUT2D eigenvalue weighted by molar-refractivity contribution is 0.287. The molecular formula is C16H28N2O. The summed E-state index contributed by atoms with van der Waals surface area (Å²) in [6.07, 6.45) is 0. The minimum absolute atomic E-state index is 0.486. The molecule has 108 valence electrons. The predicted octanol–water partition coefficient (Wildman–Crippen LogP) is 2.68. The van der Waals surface area contributed by atoms with E-state index in [2.05, 4.69) is 57.2 Å². The molecule has 1 aromatic rings. The first kappa shape index (κ1) is 16.0. The molecule has 0 saturated carbocycles. The van der Waals surface area contributed by atoms with Crippen LogP contribution in [0.2, 0.25) is 0 Å². The SMILES string of the molecule is COc1ccc(C)cc1CNC(CN(C)C)C(C)C. The normalized spacial score (nSPS) is 13.1. The van der Waals surface area contributed by atoms with Crippen molar-refractivity contribution < 1.29 is 4.74 Å². The van der Waals surface area contributed by atoms with Crippen LogP contribution in [0.25, 0.3) is 0 Å². The van der Waals surface area contributed by atoms with Gasteiger partial charge in [0.05, 0.1) is 7.11 Å². The number of rotatable bonds is 7. The summed E-state index contributed by atoms with van der Waals surface area (Å²) in [7, 11) is 5.96. The van der Waals surface area contributed by atoms with Crippen LogP contribution in [0.3, 0.4) is 0 Å². The fraction of sp³-hybridized carbons (Fsp3) is 0.625. The van der Waals surface area contributed by atoms with Crippen LogP contribution in [0.1, 0.15) is 25.0 Å². The summed E-state index contributed by atoms with van der Waals surface area (Å²) in [5.74, 6) is 1.57. The Bertz CT molecular complexity index is 388. The molecule has 0 bridgehead atoms. The Balaban J connectivity index is 2.70. The van der Waals surface area contributed by atoms with E-state index in [-0.39, 0.29) is 0 Å². The van der Waals surface area contributed by atoms with Crippen molar-refractivity contribution in [2.45, 2.75) is 33.4 Å². The van der Waals surface area contributed by atoms with Crippen molar-refractivity contribution in [3.63, 3.8) is 0 Å². The summed E-state index contributed by atoms with van der Waals surface area (Å²) >= 11 is 0. The largest absolute Gasteiger partial charge is 0.496 e. The van der Waals surface area contributed by atoms with E-state index in [1.807, 2.05) is 6.07 Å². The Labute approximate surface area is 118 Å². The van der Waals surface area contributed by atoms with Gasteiger partial charge in [0.25, 0.3) is 0 Å². The van der Waals surface area contributed by atoms with Crippen LogP contribution in [0.5, 0.6) is 5.75 Å². The molecule has 0 heterocycles. The standard InChI is InChI=1S/C16H28N2O/c1-12(2)15(11-18(4)5)17-10-14-9-13(3)7-8-16(14)19-6/h7-9,12,15,17H,10-11H2,1-6H3. The Morgan fingerprint density at radius 2 is 1.95 bits per heavy atom. The number of ether oxygens (including phenoxy) is 1. The molecule has 1 aromatic carbocycles. The van der Waals surface area contributed by atoms with Gasteiger partial charge in [-0.2, -0.15) is 0 Å². The molecule has 1 atom stereocenters. The fourth-order valence-corrected chi connectivity index (χ4v) is 2.19. The van der Waals surface area contributed by atoms with Gasteiger partial charge in [0.15, 0.2) is 0 Å². The van der Waals surface area contributed by atoms with E-state index >= 15 is 0 Å². The van der Waals surface area contributed by atoms with E-state index in [0.29, 0.717) is 12.0 Å². The van der Waals surface area contributed by atoms with Crippen LogP contribution in [0.4, 0.5) is 0 Å². The van der Waals surface area contributed by atoms with Gasteiger partial charge < -0.3 is 15.0 Å². The molecule has 0 aromatic heterocycles. The van der Waals surface area contributed by atoms with Gasteiger partial charge in [-0.15, -0.1) is 0 Å². The highest BCUT2D eigenvalue weighted by Gasteiger charge is 2.14. The zero-order valence-electron chi connectivity index (χ0n) is 13.2. The van der Waals surface area contributed by atoms with E-state index < -0.39 is 0 Å². The summed E-state index contributed by atoms with van der Waals surface area (Å²) < 4.78 is 5.42. The Kier molecular flexibility index (Phi) is 6.32. The topological polar surface area (TPSA) is 24.5 Å². The first-order chi connectivity index (χ1) is 8.93. The predicted molar refractivity (Wildman–Crippen MR) is 81.8 cm³/mol. The molecule has 3 heteroatoms. The van der Waals surface area contributed by atoms with Crippen molar-refractivity contribution >= 4 is 0 Å². The second-order valence-corrected chi connectivity index (χ2v) is 5.81. The van der Waals surface area contributed by atoms with Crippen LogP contribution in [-0.4, -0.2) is 38.7 Å². The van der Waals surface area contributed by atoms with Crippen molar-refractivity contribution in [1.29, 1.82) is 0 Å². The molecule has 0 spiro atoms. The van der Waals surface area contributed by atoms with Gasteiger partial charge in [-0.1, -0.05) is 31.5 Å². The molecule has 0 aliphatic rings. The molecule has 1 N–H and O–H groups in total. The number of nitrogens with zero attached hydrogens (tertiary/aromatic N) is 1. The lowest BCUT2D eigenvalue weighted by Gasteiger charge is -2.26. The number of benzene rings is 1. The van der Waals surface area contributed by atoms with Crippen LogP contribution in [-0.2, 0) is 6.54 Å². The van der Waals surface area contributed by atoms with Crippen molar-refractivity contribution in [2.75, 3.05) is 27.7 Å². The quantitative estimate of drug-likeness (QED) is 0.819. The average Bonchev–Trinajstić information content (AvgIpc) is 2.34. The van der Waals surface area contributed by atoms with Gasteiger partial charge in [-0.25, -0.2) is 0 Å². The van der Waals surface area contributed by atoms with Crippen LogP contribution < -0.4 is 10.1 Å². The average molecular weight is 264 g/mol. The molecule has 19 heavy (non-hydrogen) atoms. The molecular weight excluding hydrogens is 236 g/mol. The summed E-state index contributed by atoms with van der Waals surface area (Å²) in [6, 6.07) is 6.81. The molecule has 0 radical (unpaired) electrons. The fourth-order valence-electron chi connectivity index (χ4n) is 2.19. The molecule has 0 amide bonds. The second-order valence-electron chi connectivity index (χ2n) is 5.81. The Morgan fingerprint density at radius 1 is 1.26 bits per heavy atom. The van der Waals surface area contributed by atoms with Gasteiger partial charge >= 0.3 is 0 Å². The number of likely N-dealkylation sites (N-methyl/N-ethyl adjacent to an activating group) is 1. The number of hydrogen-bond donors (Lipinski definition) is 1. The summed E-state index contributed by atoms with van der Waals surface area (Å²) in [6.45, 7) is 8.53. The number of aryl methyl sites for hydroxylation is 1. The number of nitrogens with one attached hydrogen (secondary N) is 1. The van der Waals surface area contributed by atoms with Crippen molar-refractivity contribution in [3.05, 3.63) is 29.3 Å². The maximum absolute atomic E-state index is 5.42. The zero-order chi connectivity index (χ0) is 14.4. The summed E-state index contributed by atoms with van der Waals surface area (Å²) in [5, 5.41) is 3.65. The third-order valence-corrected chi connectivity index (χ3v) is 3.36. The second kappa shape index (κ2) is 7.51. The molecule has 3 nitrogen and oxygen atoms in total. The highest BCUT2D eigenvalue weighted by atomic mass is 16.5. The maximum atomic E-state index is 5.42. The van der Waals surface area contributed by atoms with Crippen molar-refractivity contribution in [3.8, 4) is 5.75 Å². The van der Waals surface area contributed by atoms with Gasteiger partial charge in [0, 0.05) is 24.7 Å². The van der Waals surface area contributed by atoms with Gasteiger partial charge in [0.1, 0.15) is 5.75 Å². The van der Waals surface area contributed by atoms with Crippen molar-refractivity contribution in [1.82, 2.24) is 10.2 Å². The highest BCUT2D eigenvalue weighted by molar-refractivity contribution is 5.36. The van der Waals surface area contributed by atoms with Gasteiger partial charge in [-0.3, -0.25) is 0 Å². The van der Waals surface area contributed by atoms with E-state index in [9.17, 15) is 0 Å². The zero-order valence-corrected chi connectivity index (χ0v) is 13.2. The minimum Gasteiger partial charge on any atom is -0.496 e. The van der Waals surface area contributed by atoms with E-state index in [4.69, 9.17) is 4.74 Å². The first-order valence-corrected chi connectivity index (χ1v) is 6.95. The molecule has 0 saturated heterocycles. The smallest absolute Gasteiger partial charge is 0.123 e. The molecule has 0 fully saturated rings. The maximum Gasteiger partial charge on any atom is 0.123 e. The summed E-state index contributed by atoms with van der Waals surface area (Å²) in [4.78, 5) is 2.23.